The molecule has 32 heavy (non-hydrogen) atoms. The molecule has 0 aliphatic heterocycles. The number of likely N-dealkylation sites (N-methyl/N-ethyl adjacent to an activating group) is 1. The van der Waals surface area contributed by atoms with E-state index in [9.17, 15) is 8.42 Å². The van der Waals surface area contributed by atoms with Crippen LogP contribution in [-0.2, 0) is 20.2 Å². The molecule has 0 saturated carbocycles. The molecule has 0 atom stereocenters. The predicted molar refractivity (Wildman–Crippen MR) is 117 cm³/mol. The van der Waals surface area contributed by atoms with Crippen molar-refractivity contribution in [2.45, 2.75) is 18.7 Å². The summed E-state index contributed by atoms with van der Waals surface area (Å²) in [5.41, 5.74) is 3.04. The number of hydrogen-bond donors (Lipinski definition) is 2. The first kappa shape index (κ1) is 31.5. The van der Waals surface area contributed by atoms with Gasteiger partial charge in [0, 0.05) is 25.0 Å². The maximum absolute atomic E-state index is 11.5. The Hall–Kier alpha value is -0.454. The number of rotatable bonds is 7. The van der Waals surface area contributed by atoms with Gasteiger partial charge in [0.2, 0.25) is 10.4 Å². The monoisotopic (exact) mass is 531 g/mol. The Bertz CT molecular complexity index is 1140. The third-order valence-corrected chi connectivity index (χ3v) is 5.32. The fourth-order valence-electron chi connectivity index (χ4n) is 2.45. The molecule has 0 amide bonds. The van der Waals surface area contributed by atoms with Gasteiger partial charge in [-0.1, -0.05) is 11.6 Å². The quantitative estimate of drug-likeness (QED) is 0.223. The second-order valence-corrected chi connectivity index (χ2v) is 9.57. The number of azo groups is 1. The summed E-state index contributed by atoms with van der Waals surface area (Å²) in [4.78, 5) is 2.21. The van der Waals surface area contributed by atoms with E-state index >= 15 is 0 Å². The molecule has 0 aliphatic carbocycles. The standard InChI is InChI=1S/C18H22ClN3O3S.K.H2O4S/c1-4-22(9-10-23)14-5-7-17(13(2)11-14)20-21-18-8-6-15(12-16(18)19)26(3,24)25;;1-5(2,3)4/h5-8,11-12,23H,4,9-10H2,1-3H3;;(H2,1,2,3,4)/q;+1;/p-1. The summed E-state index contributed by atoms with van der Waals surface area (Å²) in [7, 11) is -8.23. The predicted octanol–water partition coefficient (Wildman–Crippen LogP) is 0.295. The minimum atomic E-state index is -4.92. The van der Waals surface area contributed by atoms with Crippen LogP contribution in [0.1, 0.15) is 12.5 Å². The second kappa shape index (κ2) is 14.1. The van der Waals surface area contributed by atoms with Gasteiger partial charge in [0.25, 0.3) is 0 Å². The molecule has 2 rings (SSSR count). The third-order valence-electron chi connectivity index (χ3n) is 3.91. The molecule has 172 valence electrons. The zero-order valence-corrected chi connectivity index (χ0v) is 23.6. The van der Waals surface area contributed by atoms with Crippen molar-refractivity contribution in [2.75, 3.05) is 30.9 Å². The minimum absolute atomic E-state index is 0. The Morgan fingerprint density at radius 2 is 1.59 bits per heavy atom. The molecule has 2 N–H and O–H groups in total. The zero-order valence-electron chi connectivity index (χ0n) is 18.1. The van der Waals surface area contributed by atoms with Crippen LogP contribution in [0.2, 0.25) is 5.02 Å². The Labute approximate surface area is 235 Å². The van der Waals surface area contributed by atoms with Crippen LogP contribution < -0.4 is 56.3 Å². The Morgan fingerprint density at radius 3 is 2.03 bits per heavy atom. The van der Waals surface area contributed by atoms with E-state index in [0.717, 1.165) is 24.1 Å². The summed E-state index contributed by atoms with van der Waals surface area (Å²) in [6, 6.07) is 10.1. The van der Waals surface area contributed by atoms with Crippen molar-refractivity contribution in [2.24, 2.45) is 10.2 Å². The van der Waals surface area contributed by atoms with Crippen molar-refractivity contribution in [3.05, 3.63) is 47.0 Å². The molecule has 0 heterocycles. The van der Waals surface area contributed by atoms with Gasteiger partial charge in [0.1, 0.15) is 5.69 Å². The van der Waals surface area contributed by atoms with Crippen molar-refractivity contribution < 1.29 is 82.4 Å². The molecule has 14 heteroatoms. The van der Waals surface area contributed by atoms with E-state index in [4.69, 9.17) is 34.2 Å². The molecular formula is C18H23ClKN3O7S2. The number of hydrogen-bond acceptors (Lipinski definition) is 9. The maximum atomic E-state index is 11.5. The van der Waals surface area contributed by atoms with Crippen LogP contribution >= 0.6 is 11.6 Å². The van der Waals surface area contributed by atoms with Crippen LogP contribution in [0.5, 0.6) is 0 Å². The van der Waals surface area contributed by atoms with E-state index in [1.807, 2.05) is 32.0 Å². The number of halogens is 1. The van der Waals surface area contributed by atoms with E-state index in [1.165, 1.54) is 18.2 Å². The molecule has 0 unspecified atom stereocenters. The third kappa shape index (κ3) is 11.6. The van der Waals surface area contributed by atoms with Crippen LogP contribution in [0.3, 0.4) is 0 Å². The first-order valence-corrected chi connectivity index (χ1v) is 12.5. The van der Waals surface area contributed by atoms with Gasteiger partial charge in [-0.25, -0.2) is 16.8 Å². The molecule has 2 aromatic rings. The number of anilines is 1. The van der Waals surface area contributed by atoms with E-state index in [2.05, 4.69) is 15.1 Å². The number of aliphatic hydroxyl groups is 1. The molecule has 0 radical (unpaired) electrons. The van der Waals surface area contributed by atoms with Crippen LogP contribution in [0.15, 0.2) is 51.5 Å². The van der Waals surface area contributed by atoms with Gasteiger partial charge >= 0.3 is 51.4 Å². The first-order valence-electron chi connectivity index (χ1n) is 8.82. The van der Waals surface area contributed by atoms with Crippen molar-refractivity contribution in [3.8, 4) is 0 Å². The van der Waals surface area contributed by atoms with E-state index in [0.29, 0.717) is 17.9 Å². The SMILES string of the molecule is CCN(CCO)c1ccc(N=Nc2ccc(S(C)(=O)=O)cc2Cl)c(C)c1.O=S(=O)([O-])O.[K+]. The number of aliphatic hydroxyl groups excluding tert-OH is 1. The molecule has 0 spiro atoms. The molecule has 0 aromatic heterocycles. The van der Waals surface area contributed by atoms with Gasteiger partial charge in [-0.3, -0.25) is 4.55 Å². The Kier molecular flexibility index (Phi) is 13.9. The largest absolute Gasteiger partial charge is 1.00 e. The average Bonchev–Trinajstić information content (AvgIpc) is 2.63. The zero-order chi connectivity index (χ0) is 23.8. The first-order chi connectivity index (χ1) is 14.3. The van der Waals surface area contributed by atoms with Crippen molar-refractivity contribution >= 4 is 48.9 Å². The van der Waals surface area contributed by atoms with Crippen LogP contribution in [-0.4, -0.2) is 57.0 Å². The van der Waals surface area contributed by atoms with Crippen molar-refractivity contribution in [1.82, 2.24) is 0 Å². The number of nitrogens with zero attached hydrogens (tertiary/aromatic N) is 3. The molecule has 10 nitrogen and oxygen atoms in total. The van der Waals surface area contributed by atoms with E-state index in [1.54, 1.807) is 0 Å². The van der Waals surface area contributed by atoms with Crippen molar-refractivity contribution in [1.29, 1.82) is 0 Å². The normalized spacial score (nSPS) is 11.5. The summed E-state index contributed by atoms with van der Waals surface area (Å²) in [6.45, 7) is 5.42. The van der Waals surface area contributed by atoms with Crippen molar-refractivity contribution in [3.63, 3.8) is 0 Å². The van der Waals surface area contributed by atoms with Gasteiger partial charge in [-0.05, 0) is 55.8 Å². The van der Waals surface area contributed by atoms with E-state index in [-0.39, 0.29) is 67.9 Å². The second-order valence-electron chi connectivity index (χ2n) is 6.29. The Morgan fingerprint density at radius 1 is 1.06 bits per heavy atom. The minimum Gasteiger partial charge on any atom is -0.726 e. The summed E-state index contributed by atoms with van der Waals surface area (Å²) in [5, 5.41) is 17.7. The van der Waals surface area contributed by atoms with Gasteiger partial charge < -0.3 is 14.6 Å². The number of sulfone groups is 1. The molecule has 0 aliphatic rings. The summed E-state index contributed by atoms with van der Waals surface area (Å²) < 4.78 is 55.9. The fraction of sp³-hybridized carbons (Fsp3) is 0.333. The maximum Gasteiger partial charge on any atom is 1.00 e. The molecular weight excluding hydrogens is 509 g/mol. The number of aryl methyl sites for hydroxylation is 1. The summed E-state index contributed by atoms with van der Waals surface area (Å²) >= 11 is 6.11. The summed E-state index contributed by atoms with van der Waals surface area (Å²) in [6.07, 6.45) is 1.13. The molecule has 0 fully saturated rings. The van der Waals surface area contributed by atoms with Gasteiger partial charge in [0.15, 0.2) is 9.84 Å². The summed E-state index contributed by atoms with van der Waals surface area (Å²) in [5.74, 6) is 0. The van der Waals surface area contributed by atoms with E-state index < -0.39 is 20.2 Å². The van der Waals surface area contributed by atoms with Gasteiger partial charge in [-0.15, -0.1) is 5.11 Å². The van der Waals surface area contributed by atoms with Crippen LogP contribution in [0, 0.1) is 6.92 Å². The van der Waals surface area contributed by atoms with Gasteiger partial charge in [-0.2, -0.15) is 5.11 Å². The fourth-order valence-corrected chi connectivity index (χ4v) is 3.38. The smallest absolute Gasteiger partial charge is 0.726 e. The molecule has 0 saturated heterocycles. The number of benzene rings is 2. The topological polar surface area (TPSA) is 160 Å². The van der Waals surface area contributed by atoms with Crippen LogP contribution in [0.4, 0.5) is 17.1 Å². The van der Waals surface area contributed by atoms with Crippen LogP contribution in [0.25, 0.3) is 0 Å². The molecule has 2 aromatic carbocycles. The average molecular weight is 532 g/mol. The molecule has 0 bridgehead atoms. The Balaban J connectivity index is 0.00000144. The van der Waals surface area contributed by atoms with Gasteiger partial charge in [0.05, 0.1) is 22.2 Å².